The number of nitrogens with one attached hydrogen (secondary N) is 1. The minimum atomic E-state index is -0.134. The molecule has 0 bridgehead atoms. The predicted octanol–water partition coefficient (Wildman–Crippen LogP) is 5.02. The van der Waals surface area contributed by atoms with E-state index in [1.807, 2.05) is 76.4 Å². The van der Waals surface area contributed by atoms with Gasteiger partial charge in [0.15, 0.2) is 0 Å². The van der Waals surface area contributed by atoms with Gasteiger partial charge in [0.1, 0.15) is 0 Å². The number of hydrogen-bond acceptors (Lipinski definition) is 4. The number of benzene rings is 2. The second kappa shape index (κ2) is 9.76. The van der Waals surface area contributed by atoms with Crippen molar-refractivity contribution in [3.63, 3.8) is 0 Å². The number of nitrogens with zero attached hydrogens (tertiary/aromatic N) is 5. The summed E-state index contributed by atoms with van der Waals surface area (Å²) >= 11 is 6.05. The maximum Gasteiger partial charge on any atom is 0.333 e. The van der Waals surface area contributed by atoms with Crippen LogP contribution >= 0.6 is 11.6 Å². The summed E-state index contributed by atoms with van der Waals surface area (Å²) in [7, 11) is 1.91. The Morgan fingerprint density at radius 2 is 1.76 bits per heavy atom. The molecule has 1 aliphatic carbocycles. The molecule has 5 aromatic rings. The van der Waals surface area contributed by atoms with Crippen LogP contribution in [0, 0.1) is 12.8 Å². The molecule has 0 aliphatic heterocycles. The largest absolute Gasteiger partial charge is 0.349 e. The number of hydrogen-bond donors (Lipinski definition) is 1. The number of imidazole rings is 1. The highest BCUT2D eigenvalue weighted by Gasteiger charge is 2.26. The van der Waals surface area contributed by atoms with E-state index < -0.39 is 0 Å². The Labute approximate surface area is 224 Å². The lowest BCUT2D eigenvalue weighted by atomic mass is 9.85. The molecule has 0 atom stereocenters. The Morgan fingerprint density at radius 3 is 2.55 bits per heavy atom. The minimum Gasteiger partial charge on any atom is -0.349 e. The molecule has 3 aromatic heterocycles. The highest BCUT2D eigenvalue weighted by atomic mass is 35.5. The molecule has 1 N–H and O–H groups in total. The Bertz CT molecular complexity index is 1720. The fourth-order valence-corrected chi connectivity index (χ4v) is 5.88. The molecule has 3 heterocycles. The highest BCUT2D eigenvalue weighted by molar-refractivity contribution is 6.30. The van der Waals surface area contributed by atoms with E-state index >= 15 is 0 Å². The van der Waals surface area contributed by atoms with Gasteiger partial charge >= 0.3 is 5.69 Å². The summed E-state index contributed by atoms with van der Waals surface area (Å²) in [6.07, 6.45) is 6.97. The number of amides is 1. The molecule has 38 heavy (non-hydrogen) atoms. The van der Waals surface area contributed by atoms with Crippen molar-refractivity contribution in [2.75, 3.05) is 0 Å². The van der Waals surface area contributed by atoms with Crippen LogP contribution in [-0.4, -0.2) is 35.8 Å². The minimum absolute atomic E-state index is 0.0399. The topological polar surface area (TPSA) is 86.7 Å². The molecule has 0 unspecified atom stereocenters. The van der Waals surface area contributed by atoms with Gasteiger partial charge in [0.25, 0.3) is 5.91 Å². The number of para-hydroxylation sites is 2. The van der Waals surface area contributed by atoms with Gasteiger partial charge in [-0.25, -0.2) is 4.79 Å². The SMILES string of the molecule is Cc1ncc(Cl)cc1C(=O)N[C@H]1CC[C@H](Cn2c(=O)n(-c3cccc4c3cnn4C)c3ccccc32)CC1. The van der Waals surface area contributed by atoms with Crippen LogP contribution in [0.4, 0.5) is 0 Å². The lowest BCUT2D eigenvalue weighted by Crippen LogP contribution is -2.39. The zero-order chi connectivity index (χ0) is 26.4. The van der Waals surface area contributed by atoms with E-state index in [9.17, 15) is 9.59 Å². The number of fused-ring (bicyclic) bond motifs is 2. The number of halogens is 1. The van der Waals surface area contributed by atoms with Crippen molar-refractivity contribution in [3.8, 4) is 5.69 Å². The summed E-state index contributed by atoms with van der Waals surface area (Å²) < 4.78 is 5.55. The van der Waals surface area contributed by atoms with Crippen LogP contribution in [0.3, 0.4) is 0 Å². The Kier molecular flexibility index (Phi) is 6.27. The van der Waals surface area contributed by atoms with Crippen molar-refractivity contribution in [2.24, 2.45) is 13.0 Å². The van der Waals surface area contributed by atoms with Crippen LogP contribution in [0.5, 0.6) is 0 Å². The van der Waals surface area contributed by atoms with Gasteiger partial charge in [0, 0.05) is 31.2 Å². The van der Waals surface area contributed by atoms with Gasteiger partial charge in [0.2, 0.25) is 0 Å². The zero-order valence-electron chi connectivity index (χ0n) is 21.4. The second-order valence-electron chi connectivity index (χ2n) is 10.2. The maximum absolute atomic E-state index is 13.9. The summed E-state index contributed by atoms with van der Waals surface area (Å²) in [6, 6.07) is 15.7. The van der Waals surface area contributed by atoms with Crippen molar-refractivity contribution < 1.29 is 4.79 Å². The van der Waals surface area contributed by atoms with E-state index in [0.717, 1.165) is 53.3 Å². The van der Waals surface area contributed by atoms with Gasteiger partial charge < -0.3 is 5.32 Å². The van der Waals surface area contributed by atoms with E-state index in [2.05, 4.69) is 15.4 Å². The van der Waals surface area contributed by atoms with E-state index in [-0.39, 0.29) is 17.6 Å². The molecular weight excluding hydrogens is 500 g/mol. The average Bonchev–Trinajstić information content (AvgIpc) is 3.43. The first-order valence-corrected chi connectivity index (χ1v) is 13.3. The fourth-order valence-electron chi connectivity index (χ4n) is 5.72. The molecule has 1 fully saturated rings. The van der Waals surface area contributed by atoms with Crippen LogP contribution in [0.1, 0.15) is 41.7 Å². The third kappa shape index (κ3) is 4.28. The summed E-state index contributed by atoms with van der Waals surface area (Å²) in [6.45, 7) is 2.46. The van der Waals surface area contributed by atoms with Crippen LogP contribution in [0.2, 0.25) is 5.02 Å². The lowest BCUT2D eigenvalue weighted by molar-refractivity contribution is 0.0919. The first-order valence-electron chi connectivity index (χ1n) is 12.9. The molecule has 194 valence electrons. The van der Waals surface area contributed by atoms with E-state index in [1.54, 1.807) is 12.3 Å². The Balaban J connectivity index is 1.23. The van der Waals surface area contributed by atoms with E-state index in [0.29, 0.717) is 28.7 Å². The summed E-state index contributed by atoms with van der Waals surface area (Å²) in [5.41, 5.74) is 4.78. The van der Waals surface area contributed by atoms with Crippen LogP contribution in [-0.2, 0) is 13.6 Å². The van der Waals surface area contributed by atoms with E-state index in [1.165, 1.54) is 0 Å². The zero-order valence-corrected chi connectivity index (χ0v) is 22.2. The number of carbonyl (C=O) groups is 1. The molecule has 0 radical (unpaired) electrons. The maximum atomic E-state index is 13.9. The quantitative estimate of drug-likeness (QED) is 0.347. The van der Waals surface area contributed by atoms with Crippen molar-refractivity contribution in [3.05, 3.63) is 87.7 Å². The smallest absolute Gasteiger partial charge is 0.333 e. The van der Waals surface area contributed by atoms with Crippen molar-refractivity contribution in [1.29, 1.82) is 0 Å². The lowest BCUT2D eigenvalue weighted by Gasteiger charge is -2.29. The summed E-state index contributed by atoms with van der Waals surface area (Å²) in [5.74, 6) is 0.216. The number of carbonyl (C=O) groups excluding carboxylic acids is 1. The van der Waals surface area contributed by atoms with Gasteiger partial charge in [-0.1, -0.05) is 29.8 Å². The molecule has 8 nitrogen and oxygen atoms in total. The molecular formula is C29H29ClN6O2. The van der Waals surface area contributed by atoms with Crippen molar-refractivity contribution in [2.45, 2.75) is 45.2 Å². The summed E-state index contributed by atoms with van der Waals surface area (Å²) in [5, 5.41) is 8.96. The normalized spacial score (nSPS) is 17.8. The van der Waals surface area contributed by atoms with Gasteiger partial charge in [-0.2, -0.15) is 5.10 Å². The molecule has 0 saturated heterocycles. The molecule has 1 saturated carbocycles. The second-order valence-corrected chi connectivity index (χ2v) is 10.6. The third-order valence-electron chi connectivity index (χ3n) is 7.77. The van der Waals surface area contributed by atoms with Crippen molar-refractivity contribution >= 4 is 39.4 Å². The fraction of sp³-hybridized carbons (Fsp3) is 0.310. The Hall–Kier alpha value is -3.91. The third-order valence-corrected chi connectivity index (χ3v) is 7.97. The van der Waals surface area contributed by atoms with Gasteiger partial charge in [-0.15, -0.1) is 0 Å². The van der Waals surface area contributed by atoms with Crippen LogP contribution < -0.4 is 11.0 Å². The van der Waals surface area contributed by atoms with Crippen LogP contribution in [0.15, 0.2) is 65.7 Å². The molecule has 6 rings (SSSR count). The first-order chi connectivity index (χ1) is 18.4. The van der Waals surface area contributed by atoms with Crippen LogP contribution in [0.25, 0.3) is 27.6 Å². The molecule has 1 amide bonds. The van der Waals surface area contributed by atoms with E-state index in [4.69, 9.17) is 11.6 Å². The van der Waals surface area contributed by atoms with Crippen molar-refractivity contribution in [1.82, 2.24) is 29.2 Å². The number of aryl methyl sites for hydroxylation is 2. The number of aromatic nitrogens is 5. The Morgan fingerprint density at radius 1 is 1.03 bits per heavy atom. The summed E-state index contributed by atoms with van der Waals surface area (Å²) in [4.78, 5) is 30.9. The molecule has 0 spiro atoms. The average molecular weight is 529 g/mol. The number of rotatable bonds is 5. The standard InChI is InChI=1S/C29H29ClN6O2/c1-18-22(14-20(30)15-31-18)28(37)33-21-12-10-19(11-13-21)17-35-26-6-3-4-7-27(26)36(29(35)38)25-9-5-8-24-23(25)16-32-34(24)2/h3-9,14-16,19,21H,10-13,17H2,1-2H3,(H,33,37)/t19-,21-. The first kappa shape index (κ1) is 24.4. The number of pyridine rings is 1. The molecule has 1 aliphatic rings. The monoisotopic (exact) mass is 528 g/mol. The highest BCUT2D eigenvalue weighted by Crippen LogP contribution is 2.29. The predicted molar refractivity (Wildman–Crippen MR) is 149 cm³/mol. The molecule has 9 heteroatoms. The van der Waals surface area contributed by atoms with Gasteiger partial charge in [-0.05, 0) is 68.9 Å². The molecule has 2 aromatic carbocycles. The van der Waals surface area contributed by atoms with Gasteiger partial charge in [-0.3, -0.25) is 23.6 Å². The van der Waals surface area contributed by atoms with Gasteiger partial charge in [0.05, 0.1) is 44.7 Å².